The molecule has 0 radical (unpaired) electrons. The molecule has 3 atom stereocenters. The standard InChI is InChI=1S/C13H25N3O2/c1-9(12(17)15-2)8-16(3)13(18)11-6-4-5-10(11)7-14/h9-11H,4-8,14H2,1-3H3,(H,15,17)/t9?,10-,11-/m1/s1. The molecule has 2 amide bonds. The number of hydrogen-bond acceptors (Lipinski definition) is 3. The van der Waals surface area contributed by atoms with Crippen LogP contribution in [-0.2, 0) is 9.59 Å². The van der Waals surface area contributed by atoms with Crippen LogP contribution in [0.5, 0.6) is 0 Å². The molecule has 0 bridgehead atoms. The van der Waals surface area contributed by atoms with Crippen LogP contribution in [0.15, 0.2) is 0 Å². The first-order chi connectivity index (χ1) is 8.51. The Morgan fingerprint density at radius 2 is 2.11 bits per heavy atom. The Morgan fingerprint density at radius 1 is 1.44 bits per heavy atom. The summed E-state index contributed by atoms with van der Waals surface area (Å²) in [6.45, 7) is 2.87. The van der Waals surface area contributed by atoms with Crippen LogP contribution in [0.3, 0.4) is 0 Å². The van der Waals surface area contributed by atoms with E-state index in [2.05, 4.69) is 5.32 Å². The van der Waals surface area contributed by atoms with E-state index >= 15 is 0 Å². The molecule has 0 aromatic carbocycles. The van der Waals surface area contributed by atoms with E-state index in [9.17, 15) is 9.59 Å². The van der Waals surface area contributed by atoms with Crippen LogP contribution >= 0.6 is 0 Å². The third-order valence-corrected chi connectivity index (χ3v) is 3.90. The second-order valence-electron chi connectivity index (χ2n) is 5.27. The fraction of sp³-hybridized carbons (Fsp3) is 0.846. The van der Waals surface area contributed by atoms with Crippen molar-refractivity contribution in [3.8, 4) is 0 Å². The Morgan fingerprint density at radius 3 is 2.67 bits per heavy atom. The predicted octanol–water partition coefficient (Wildman–Crippen LogP) is 0.202. The highest BCUT2D eigenvalue weighted by Crippen LogP contribution is 2.32. The highest BCUT2D eigenvalue weighted by atomic mass is 16.2. The summed E-state index contributed by atoms with van der Waals surface area (Å²) in [6.07, 6.45) is 3.06. The minimum atomic E-state index is -0.179. The monoisotopic (exact) mass is 255 g/mol. The Bertz CT molecular complexity index is 307. The van der Waals surface area contributed by atoms with Crippen molar-refractivity contribution < 1.29 is 9.59 Å². The Labute approximate surface area is 109 Å². The number of nitrogens with zero attached hydrogens (tertiary/aromatic N) is 1. The Kier molecular flexibility index (Phi) is 5.59. The third kappa shape index (κ3) is 3.45. The molecule has 18 heavy (non-hydrogen) atoms. The first kappa shape index (κ1) is 15.0. The Hall–Kier alpha value is -1.10. The average Bonchev–Trinajstić information content (AvgIpc) is 2.84. The van der Waals surface area contributed by atoms with E-state index < -0.39 is 0 Å². The van der Waals surface area contributed by atoms with Crippen molar-refractivity contribution >= 4 is 11.8 Å². The lowest BCUT2D eigenvalue weighted by atomic mass is 9.94. The first-order valence-electron chi connectivity index (χ1n) is 6.67. The van der Waals surface area contributed by atoms with Gasteiger partial charge in [-0.25, -0.2) is 0 Å². The van der Waals surface area contributed by atoms with Gasteiger partial charge in [0, 0.05) is 26.6 Å². The summed E-state index contributed by atoms with van der Waals surface area (Å²) in [5, 5.41) is 2.60. The van der Waals surface area contributed by atoms with E-state index in [1.54, 1.807) is 19.0 Å². The van der Waals surface area contributed by atoms with Gasteiger partial charge in [0.05, 0.1) is 5.92 Å². The number of amides is 2. The van der Waals surface area contributed by atoms with E-state index in [0.717, 1.165) is 19.3 Å². The van der Waals surface area contributed by atoms with Gasteiger partial charge >= 0.3 is 0 Å². The summed E-state index contributed by atoms with van der Waals surface area (Å²) in [5.41, 5.74) is 5.70. The van der Waals surface area contributed by atoms with Crippen molar-refractivity contribution in [2.75, 3.05) is 27.2 Å². The highest BCUT2D eigenvalue weighted by molar-refractivity contribution is 5.81. The van der Waals surface area contributed by atoms with Crippen molar-refractivity contribution in [2.45, 2.75) is 26.2 Å². The zero-order valence-corrected chi connectivity index (χ0v) is 11.6. The van der Waals surface area contributed by atoms with Crippen molar-refractivity contribution in [3.63, 3.8) is 0 Å². The SMILES string of the molecule is CNC(=O)C(C)CN(C)C(=O)[C@@H]1CCC[C@@H]1CN. The molecule has 0 aromatic heterocycles. The van der Waals surface area contributed by atoms with Gasteiger partial charge in [0.25, 0.3) is 0 Å². The van der Waals surface area contributed by atoms with Gasteiger partial charge in [0.15, 0.2) is 0 Å². The van der Waals surface area contributed by atoms with Crippen LogP contribution in [0.1, 0.15) is 26.2 Å². The zero-order chi connectivity index (χ0) is 13.7. The second-order valence-corrected chi connectivity index (χ2v) is 5.27. The quantitative estimate of drug-likeness (QED) is 0.737. The van der Waals surface area contributed by atoms with Gasteiger partial charge in [-0.15, -0.1) is 0 Å². The maximum absolute atomic E-state index is 12.3. The topological polar surface area (TPSA) is 75.4 Å². The van der Waals surface area contributed by atoms with Crippen molar-refractivity contribution in [1.82, 2.24) is 10.2 Å². The number of carbonyl (C=O) groups excluding carboxylic acids is 2. The van der Waals surface area contributed by atoms with Crippen molar-refractivity contribution in [3.05, 3.63) is 0 Å². The van der Waals surface area contributed by atoms with Crippen LogP contribution in [0.4, 0.5) is 0 Å². The van der Waals surface area contributed by atoms with Gasteiger partial charge in [0.2, 0.25) is 11.8 Å². The summed E-state index contributed by atoms with van der Waals surface area (Å²) >= 11 is 0. The molecule has 1 rings (SSSR count). The summed E-state index contributed by atoms with van der Waals surface area (Å²) in [6, 6.07) is 0. The number of carbonyl (C=O) groups is 2. The number of nitrogens with one attached hydrogen (secondary N) is 1. The Balaban J connectivity index is 2.53. The number of hydrogen-bond donors (Lipinski definition) is 2. The van der Waals surface area contributed by atoms with Gasteiger partial charge in [0.1, 0.15) is 0 Å². The van der Waals surface area contributed by atoms with E-state index in [0.29, 0.717) is 19.0 Å². The molecular formula is C13H25N3O2. The molecule has 1 aliphatic rings. The molecule has 5 heteroatoms. The van der Waals surface area contributed by atoms with Crippen LogP contribution in [-0.4, -0.2) is 43.9 Å². The lowest BCUT2D eigenvalue weighted by Crippen LogP contribution is -2.41. The molecule has 0 spiro atoms. The fourth-order valence-corrected chi connectivity index (χ4v) is 2.76. The van der Waals surface area contributed by atoms with Crippen LogP contribution in [0.2, 0.25) is 0 Å². The third-order valence-electron chi connectivity index (χ3n) is 3.90. The molecule has 5 nitrogen and oxygen atoms in total. The van der Waals surface area contributed by atoms with E-state index in [-0.39, 0.29) is 23.7 Å². The summed E-state index contributed by atoms with van der Waals surface area (Å²) in [7, 11) is 3.38. The highest BCUT2D eigenvalue weighted by Gasteiger charge is 2.34. The molecule has 0 aliphatic heterocycles. The first-order valence-corrected chi connectivity index (χ1v) is 6.67. The van der Waals surface area contributed by atoms with Crippen LogP contribution in [0, 0.1) is 17.8 Å². The molecule has 104 valence electrons. The van der Waals surface area contributed by atoms with Gasteiger partial charge in [-0.1, -0.05) is 13.3 Å². The number of rotatable bonds is 5. The molecular weight excluding hydrogens is 230 g/mol. The normalized spacial score (nSPS) is 24.7. The predicted molar refractivity (Wildman–Crippen MR) is 70.8 cm³/mol. The van der Waals surface area contributed by atoms with E-state index in [1.807, 2.05) is 6.92 Å². The van der Waals surface area contributed by atoms with Crippen molar-refractivity contribution in [1.29, 1.82) is 0 Å². The number of nitrogens with two attached hydrogens (primary N) is 1. The average molecular weight is 255 g/mol. The zero-order valence-electron chi connectivity index (χ0n) is 11.6. The molecule has 0 aromatic rings. The minimum Gasteiger partial charge on any atom is -0.359 e. The van der Waals surface area contributed by atoms with Gasteiger partial charge in [-0.2, -0.15) is 0 Å². The van der Waals surface area contributed by atoms with E-state index in [4.69, 9.17) is 5.73 Å². The van der Waals surface area contributed by atoms with Gasteiger partial charge < -0.3 is 16.0 Å². The largest absolute Gasteiger partial charge is 0.359 e. The molecule has 1 unspecified atom stereocenters. The summed E-state index contributed by atoms with van der Waals surface area (Å²) in [5.74, 6) is 0.295. The molecule has 1 saturated carbocycles. The fourth-order valence-electron chi connectivity index (χ4n) is 2.76. The molecule has 0 saturated heterocycles. The smallest absolute Gasteiger partial charge is 0.225 e. The lowest BCUT2D eigenvalue weighted by Gasteiger charge is -2.26. The minimum absolute atomic E-state index is 0.0311. The lowest BCUT2D eigenvalue weighted by molar-refractivity contribution is -0.136. The summed E-state index contributed by atoms with van der Waals surface area (Å²) in [4.78, 5) is 25.4. The maximum Gasteiger partial charge on any atom is 0.225 e. The van der Waals surface area contributed by atoms with Gasteiger partial charge in [-0.3, -0.25) is 9.59 Å². The second kappa shape index (κ2) is 6.73. The maximum atomic E-state index is 12.3. The van der Waals surface area contributed by atoms with Crippen LogP contribution < -0.4 is 11.1 Å². The van der Waals surface area contributed by atoms with E-state index in [1.165, 1.54) is 0 Å². The summed E-state index contributed by atoms with van der Waals surface area (Å²) < 4.78 is 0. The molecule has 1 fully saturated rings. The van der Waals surface area contributed by atoms with Gasteiger partial charge in [-0.05, 0) is 25.3 Å². The molecule has 1 aliphatic carbocycles. The molecule has 3 N–H and O–H groups in total. The van der Waals surface area contributed by atoms with Crippen LogP contribution in [0.25, 0.3) is 0 Å². The molecule has 0 heterocycles. The van der Waals surface area contributed by atoms with Crippen molar-refractivity contribution in [2.24, 2.45) is 23.5 Å².